The van der Waals surface area contributed by atoms with Crippen LogP contribution in [-0.4, -0.2) is 181 Å². The van der Waals surface area contributed by atoms with E-state index in [-0.39, 0.29) is 44.6 Å². The summed E-state index contributed by atoms with van der Waals surface area (Å²) < 4.78 is 0. The molecular formula is C42H67N13O19. The molecule has 414 valence electrons. The second-order valence-electron chi connectivity index (χ2n) is 17.7. The second kappa shape index (κ2) is 30.8. The normalized spacial score (nSPS) is 16.7. The lowest BCUT2D eigenvalue weighted by Crippen LogP contribution is -2.61. The van der Waals surface area contributed by atoms with Crippen molar-refractivity contribution >= 4 is 88.8 Å². The fourth-order valence-electron chi connectivity index (χ4n) is 7.20. The summed E-state index contributed by atoms with van der Waals surface area (Å²) in [6, 6.07) is -15.7. The van der Waals surface area contributed by atoms with Crippen molar-refractivity contribution in [1.29, 1.82) is 0 Å². The quantitative estimate of drug-likeness (QED) is 0.0285. The highest BCUT2D eigenvalue weighted by atomic mass is 16.4. The number of carbonyl (C=O) groups is 15. The molecule has 74 heavy (non-hydrogen) atoms. The Kier molecular flexibility index (Phi) is 26.6. The van der Waals surface area contributed by atoms with Gasteiger partial charge in [-0.1, -0.05) is 13.8 Å². The molecule has 1 rings (SSSR count). The first-order valence-corrected chi connectivity index (χ1v) is 23.0. The van der Waals surface area contributed by atoms with Crippen LogP contribution >= 0.6 is 0 Å². The van der Waals surface area contributed by atoms with E-state index in [0.29, 0.717) is 0 Å². The monoisotopic (exact) mass is 1060 g/mol. The number of nitrogens with two attached hydrogens (primary N) is 5. The van der Waals surface area contributed by atoms with Gasteiger partial charge in [0, 0.05) is 25.8 Å². The van der Waals surface area contributed by atoms with Gasteiger partial charge in [-0.25, -0.2) is 4.79 Å². The molecule has 32 heteroatoms. The van der Waals surface area contributed by atoms with Gasteiger partial charge in [-0.3, -0.25) is 67.1 Å². The maximum Gasteiger partial charge on any atom is 0.328 e. The smallest absolute Gasteiger partial charge is 0.328 e. The number of hydrogen-bond acceptors (Lipinski definition) is 17. The molecule has 0 saturated carbocycles. The van der Waals surface area contributed by atoms with Crippen molar-refractivity contribution in [1.82, 2.24) is 42.1 Å². The molecule has 1 fully saturated rings. The van der Waals surface area contributed by atoms with E-state index in [1.807, 2.05) is 5.32 Å². The van der Waals surface area contributed by atoms with Gasteiger partial charge < -0.3 is 91.2 Å². The molecule has 0 aromatic heterocycles. The fourth-order valence-corrected chi connectivity index (χ4v) is 7.20. The van der Waals surface area contributed by atoms with Gasteiger partial charge in [0.25, 0.3) is 0 Å². The molecule has 0 bridgehead atoms. The van der Waals surface area contributed by atoms with E-state index in [1.165, 1.54) is 0 Å². The Balaban J connectivity index is 3.49. The minimum Gasteiger partial charge on any atom is -0.481 e. The number of nitrogens with one attached hydrogen (secondary N) is 7. The van der Waals surface area contributed by atoms with Gasteiger partial charge in [0.2, 0.25) is 70.9 Å². The number of nitrogens with zero attached hydrogens (tertiary/aromatic N) is 1. The topological polar surface area (TPSA) is 555 Å². The molecule has 12 amide bonds. The predicted molar refractivity (Wildman–Crippen MR) is 249 cm³/mol. The summed E-state index contributed by atoms with van der Waals surface area (Å²) in [5.74, 6) is -18.8. The lowest BCUT2D eigenvalue weighted by Gasteiger charge is -2.31. The number of rotatable bonds is 34. The van der Waals surface area contributed by atoms with Gasteiger partial charge in [0.05, 0.1) is 31.4 Å². The number of aliphatic hydroxyl groups is 1. The van der Waals surface area contributed by atoms with E-state index in [1.54, 1.807) is 13.8 Å². The van der Waals surface area contributed by atoms with Gasteiger partial charge in [0.15, 0.2) is 6.04 Å². The van der Waals surface area contributed by atoms with Crippen molar-refractivity contribution < 1.29 is 92.3 Å². The van der Waals surface area contributed by atoms with Crippen LogP contribution in [0.25, 0.3) is 0 Å². The molecule has 1 aliphatic rings. The van der Waals surface area contributed by atoms with E-state index < -0.39 is 194 Å². The number of hydrogen-bond donors (Lipinski definition) is 16. The number of aliphatic hydroxyl groups excluding tert-OH is 1. The Morgan fingerprint density at radius 3 is 1.38 bits per heavy atom. The maximum absolute atomic E-state index is 14.0. The van der Waals surface area contributed by atoms with E-state index in [9.17, 15) is 92.3 Å². The van der Waals surface area contributed by atoms with E-state index in [4.69, 9.17) is 28.7 Å². The molecule has 0 radical (unpaired) electrons. The third kappa shape index (κ3) is 23.0. The van der Waals surface area contributed by atoms with Crippen LogP contribution in [0.4, 0.5) is 0 Å². The van der Waals surface area contributed by atoms with Crippen LogP contribution in [0.3, 0.4) is 0 Å². The summed E-state index contributed by atoms with van der Waals surface area (Å²) in [5.41, 5.74) is 26.7. The molecule has 0 spiro atoms. The van der Waals surface area contributed by atoms with Gasteiger partial charge in [-0.2, -0.15) is 0 Å². The molecule has 21 N–H and O–H groups in total. The van der Waals surface area contributed by atoms with Crippen LogP contribution < -0.4 is 65.9 Å². The zero-order chi connectivity index (χ0) is 56.7. The molecule has 1 heterocycles. The van der Waals surface area contributed by atoms with Gasteiger partial charge in [-0.15, -0.1) is 0 Å². The number of likely N-dealkylation sites (tertiary alicyclic amines) is 1. The van der Waals surface area contributed by atoms with Crippen molar-refractivity contribution in [3.05, 3.63) is 0 Å². The van der Waals surface area contributed by atoms with E-state index >= 15 is 0 Å². The molecule has 0 unspecified atom stereocenters. The first-order chi connectivity index (χ1) is 34.3. The highest BCUT2D eigenvalue weighted by Crippen LogP contribution is 2.21. The first kappa shape index (κ1) is 64.0. The Morgan fingerprint density at radius 2 is 0.946 bits per heavy atom. The molecule has 1 aliphatic heterocycles. The van der Waals surface area contributed by atoms with Crippen LogP contribution in [0.15, 0.2) is 0 Å². The molecule has 1 saturated heterocycles. The highest BCUT2D eigenvalue weighted by Gasteiger charge is 2.41. The number of carboxylic acid groups (broad SMARTS) is 3. The van der Waals surface area contributed by atoms with Crippen LogP contribution in [0.5, 0.6) is 0 Å². The van der Waals surface area contributed by atoms with Gasteiger partial charge in [0.1, 0.15) is 42.3 Å². The number of carboxylic acids is 3. The summed E-state index contributed by atoms with van der Waals surface area (Å²) in [6.45, 7) is 4.29. The summed E-state index contributed by atoms with van der Waals surface area (Å²) in [7, 11) is 0. The second-order valence-corrected chi connectivity index (χ2v) is 17.7. The van der Waals surface area contributed by atoms with Crippen molar-refractivity contribution in [2.45, 2.75) is 158 Å². The minimum absolute atomic E-state index is 0.0399. The summed E-state index contributed by atoms with van der Waals surface area (Å²) in [5, 5.41) is 53.7. The Hall–Kier alpha value is -8.03. The van der Waals surface area contributed by atoms with Crippen LogP contribution in [0.1, 0.15) is 97.8 Å². The zero-order valence-electron chi connectivity index (χ0n) is 40.8. The molecule has 0 aromatic rings. The van der Waals surface area contributed by atoms with Crippen molar-refractivity contribution in [3.63, 3.8) is 0 Å². The van der Waals surface area contributed by atoms with Crippen molar-refractivity contribution in [2.24, 2.45) is 34.6 Å². The van der Waals surface area contributed by atoms with E-state index in [0.717, 1.165) is 11.8 Å². The molecule has 0 aliphatic carbocycles. The summed E-state index contributed by atoms with van der Waals surface area (Å²) in [6.07, 6.45) is -7.97. The Bertz CT molecular complexity index is 2140. The average molecular weight is 1060 g/mol. The van der Waals surface area contributed by atoms with Gasteiger partial charge in [-0.05, 0) is 51.4 Å². The van der Waals surface area contributed by atoms with Crippen molar-refractivity contribution in [3.8, 4) is 0 Å². The first-order valence-electron chi connectivity index (χ1n) is 23.0. The molecule has 0 aromatic carbocycles. The maximum atomic E-state index is 14.0. The number of carbonyl (C=O) groups excluding carboxylic acids is 12. The number of aliphatic carboxylic acids is 3. The molecule has 10 atom stereocenters. The lowest BCUT2D eigenvalue weighted by molar-refractivity contribution is -0.146. The highest BCUT2D eigenvalue weighted by molar-refractivity contribution is 6.00. The fraction of sp³-hybridized carbons (Fsp3) is 0.643. The Morgan fingerprint density at radius 1 is 0.514 bits per heavy atom. The molecule has 32 nitrogen and oxygen atoms in total. The van der Waals surface area contributed by atoms with Gasteiger partial charge >= 0.3 is 17.9 Å². The third-order valence-corrected chi connectivity index (χ3v) is 10.9. The summed E-state index contributed by atoms with van der Waals surface area (Å²) in [4.78, 5) is 192. The zero-order valence-corrected chi connectivity index (χ0v) is 40.8. The van der Waals surface area contributed by atoms with Crippen LogP contribution in [-0.2, 0) is 71.9 Å². The van der Waals surface area contributed by atoms with E-state index in [2.05, 4.69) is 31.9 Å². The number of amides is 12. The van der Waals surface area contributed by atoms with Crippen molar-refractivity contribution in [2.75, 3.05) is 6.54 Å². The molecular weight excluding hydrogens is 991 g/mol. The minimum atomic E-state index is -2.09. The number of primary amides is 4. The van der Waals surface area contributed by atoms with Crippen LogP contribution in [0.2, 0.25) is 0 Å². The standard InChI is InChI=1S/C42H67N13O19/c1-17(2)13-22(39(70)54-33(18(3)56)42(73)74)52-40(71)26-5-4-12-55(26)41(72)25(16-32(63)64)53-36(67)21(8-11-31(61)62)49-37(68)23(14-29(46)59)51-38(69)24(15-30(47)60)50-35(66)20(7-10-28(45)58)48-34(65)19(43)6-9-27(44)57/h17-26,33,56H,4-16,43H2,1-3H3,(H2,44,57)(H2,45,58)(H2,46,59)(H2,47,60)(H,48,65)(H,49,68)(H,50,66)(H,51,69)(H,52,71)(H,53,67)(H,54,70)(H,61,62)(H,63,64)(H,73,74)/t18-,19+,20+,21+,22+,23+,24+,25+,26+,33+/m1/s1. The lowest BCUT2D eigenvalue weighted by atomic mass is 10.0. The van der Waals surface area contributed by atoms with Crippen LogP contribution in [0, 0.1) is 5.92 Å². The SMILES string of the molecule is CC(C)C[C@H](NC(=O)[C@@H]1CCCN1C(=O)[C@H](CC(=O)O)NC(=O)[C@H](CCC(=O)O)NC(=O)[C@H](CC(N)=O)NC(=O)[C@H](CC(N)=O)NC(=O)[C@H](CCC(N)=O)NC(=O)[C@@H](N)CCC(N)=O)C(=O)N[C@H](C(=O)O)[C@@H](C)O. The third-order valence-electron chi connectivity index (χ3n) is 10.9. The average Bonchev–Trinajstić information content (AvgIpc) is 3.78. The largest absolute Gasteiger partial charge is 0.481 e. The Labute approximate surface area is 422 Å². The predicted octanol–water partition coefficient (Wildman–Crippen LogP) is -8.17. The summed E-state index contributed by atoms with van der Waals surface area (Å²) >= 11 is 0.